The van der Waals surface area contributed by atoms with Crippen LogP contribution in [0.3, 0.4) is 0 Å². The Kier molecular flexibility index (Phi) is 8.66. The molecule has 0 N–H and O–H groups in total. The lowest BCUT2D eigenvalue weighted by Crippen LogP contribution is -2.36. The molecule has 1 aliphatic carbocycles. The van der Waals surface area contributed by atoms with Gasteiger partial charge in [0.25, 0.3) is 0 Å². The Hall–Kier alpha value is -9.33. The SMILES string of the molecule is c1ccc(-c2nc(-c3ccccc3)nc(-c3cccc4c3-c3cc(-c5nc(-c6ccccc6)c6oc7ccccc7c6n5)ccc3C43c4ccccc4N(c4ccccc4)c4ccccc43)n2)cc1. The van der Waals surface area contributed by atoms with Crippen molar-refractivity contribution in [3.05, 3.63) is 253 Å². The van der Waals surface area contributed by atoms with E-state index in [0.717, 1.165) is 89.3 Å². The summed E-state index contributed by atoms with van der Waals surface area (Å²) >= 11 is 0. The second kappa shape index (κ2) is 15.4. The molecule has 1 aliphatic heterocycles. The summed E-state index contributed by atoms with van der Waals surface area (Å²) in [6.07, 6.45) is 0. The zero-order valence-corrected chi connectivity index (χ0v) is 37.0. The Balaban J connectivity index is 1.08. The molecule has 322 valence electrons. The first-order valence-corrected chi connectivity index (χ1v) is 23.2. The van der Waals surface area contributed by atoms with Crippen LogP contribution in [0.2, 0.25) is 0 Å². The van der Waals surface area contributed by atoms with Crippen LogP contribution in [0.4, 0.5) is 17.1 Å². The summed E-state index contributed by atoms with van der Waals surface area (Å²) < 4.78 is 6.53. The minimum Gasteiger partial charge on any atom is -0.452 e. The summed E-state index contributed by atoms with van der Waals surface area (Å²) in [5.74, 6) is 2.40. The van der Waals surface area contributed by atoms with Crippen LogP contribution in [0.1, 0.15) is 22.3 Å². The molecule has 0 unspecified atom stereocenters. The van der Waals surface area contributed by atoms with Crippen molar-refractivity contribution < 1.29 is 4.42 Å². The fourth-order valence-corrected chi connectivity index (χ4v) is 10.8. The summed E-state index contributed by atoms with van der Waals surface area (Å²) in [6.45, 7) is 0. The highest BCUT2D eigenvalue weighted by Crippen LogP contribution is 2.64. The summed E-state index contributed by atoms with van der Waals surface area (Å²) in [4.78, 5) is 28.9. The lowest BCUT2D eigenvalue weighted by molar-refractivity contribution is 0.667. The Morgan fingerprint density at radius 3 is 1.57 bits per heavy atom. The van der Waals surface area contributed by atoms with E-state index in [4.69, 9.17) is 29.3 Å². The van der Waals surface area contributed by atoms with Crippen LogP contribution >= 0.6 is 0 Å². The number of rotatable bonds is 6. The van der Waals surface area contributed by atoms with Gasteiger partial charge >= 0.3 is 0 Å². The first-order chi connectivity index (χ1) is 34.2. The number of benzene rings is 9. The van der Waals surface area contributed by atoms with Gasteiger partial charge in [-0.15, -0.1) is 0 Å². The predicted octanol–water partition coefficient (Wildman–Crippen LogP) is 15.0. The number of anilines is 3. The highest BCUT2D eigenvalue weighted by molar-refractivity contribution is 6.07. The van der Waals surface area contributed by atoms with Gasteiger partial charge in [0.1, 0.15) is 16.8 Å². The molecule has 0 saturated carbocycles. The van der Waals surface area contributed by atoms with Crippen molar-refractivity contribution >= 4 is 39.1 Å². The Labute approximate surface area is 397 Å². The normalized spacial score (nSPS) is 13.0. The van der Waals surface area contributed by atoms with Crippen molar-refractivity contribution in [3.8, 4) is 67.9 Å². The van der Waals surface area contributed by atoms with Crippen molar-refractivity contribution in [1.82, 2.24) is 24.9 Å². The van der Waals surface area contributed by atoms with Gasteiger partial charge < -0.3 is 9.32 Å². The zero-order valence-electron chi connectivity index (χ0n) is 37.0. The van der Waals surface area contributed by atoms with Gasteiger partial charge in [-0.25, -0.2) is 24.9 Å². The maximum atomic E-state index is 6.53. The van der Waals surface area contributed by atoms with E-state index in [2.05, 4.69) is 163 Å². The average Bonchev–Trinajstić information content (AvgIpc) is 3.95. The van der Waals surface area contributed by atoms with Crippen LogP contribution in [0.25, 0.3) is 90.0 Å². The molecule has 7 heteroatoms. The van der Waals surface area contributed by atoms with Crippen LogP contribution in [0.5, 0.6) is 0 Å². The largest absolute Gasteiger partial charge is 0.452 e. The van der Waals surface area contributed by atoms with Crippen molar-refractivity contribution in [2.75, 3.05) is 4.90 Å². The third-order valence-corrected chi connectivity index (χ3v) is 13.7. The summed E-state index contributed by atoms with van der Waals surface area (Å²) in [5.41, 5.74) is 16.8. The molecule has 69 heavy (non-hydrogen) atoms. The molecule has 0 radical (unpaired) electrons. The van der Waals surface area contributed by atoms with E-state index in [1.54, 1.807) is 0 Å². The Morgan fingerprint density at radius 2 is 0.899 bits per heavy atom. The van der Waals surface area contributed by atoms with Crippen LogP contribution in [-0.2, 0) is 5.41 Å². The number of nitrogens with zero attached hydrogens (tertiary/aromatic N) is 6. The van der Waals surface area contributed by atoms with Gasteiger partial charge in [0.05, 0.1) is 16.8 Å². The topological polar surface area (TPSA) is 80.8 Å². The summed E-state index contributed by atoms with van der Waals surface area (Å²) in [6, 6.07) is 80.5. The van der Waals surface area contributed by atoms with Gasteiger partial charge in [-0.3, -0.25) is 0 Å². The molecule has 0 bridgehead atoms. The van der Waals surface area contributed by atoms with Crippen molar-refractivity contribution in [2.24, 2.45) is 0 Å². The first kappa shape index (κ1) is 38.9. The molecule has 12 aromatic rings. The fourth-order valence-electron chi connectivity index (χ4n) is 10.8. The highest BCUT2D eigenvalue weighted by atomic mass is 16.3. The van der Waals surface area contributed by atoms with Crippen LogP contribution in [0, 0.1) is 0 Å². The number of para-hydroxylation sites is 4. The Bertz CT molecular complexity index is 3860. The van der Waals surface area contributed by atoms with Gasteiger partial charge in [0.2, 0.25) is 0 Å². The number of fused-ring (bicyclic) bond motifs is 12. The number of furan rings is 1. The number of aromatic nitrogens is 5. The smallest absolute Gasteiger partial charge is 0.180 e. The molecule has 1 spiro atoms. The molecule has 14 rings (SSSR count). The monoisotopic (exact) mass is 882 g/mol. The second-order valence-electron chi connectivity index (χ2n) is 17.5. The standard InChI is InChI=1S/C62H38N6O/c1-5-20-39(21-6-1)55-57-56(44-28-13-18-35-53(44)69-57)64-60(63-55)42-36-37-47-46(38-42)54-45(61-66-58(40-22-7-2-8-23-40)65-59(67-61)41-24-9-3-10-25-41)29-19-32-50(54)62(47)48-30-14-16-33-51(48)68(43-26-11-4-12-27-43)52-34-17-15-31-49(52)62/h1-38H. The summed E-state index contributed by atoms with van der Waals surface area (Å²) in [7, 11) is 0. The quantitative estimate of drug-likeness (QED) is 0.164. The maximum absolute atomic E-state index is 6.53. The molecule has 0 saturated heterocycles. The van der Waals surface area contributed by atoms with E-state index in [0.29, 0.717) is 28.9 Å². The number of hydrogen-bond acceptors (Lipinski definition) is 7. The minimum atomic E-state index is -0.740. The van der Waals surface area contributed by atoms with E-state index >= 15 is 0 Å². The van der Waals surface area contributed by atoms with Gasteiger partial charge in [0, 0.05) is 38.9 Å². The van der Waals surface area contributed by atoms with E-state index in [1.165, 1.54) is 11.1 Å². The third kappa shape index (κ3) is 5.90. The number of hydrogen-bond donors (Lipinski definition) is 0. The Morgan fingerprint density at radius 1 is 0.362 bits per heavy atom. The molecule has 0 amide bonds. The van der Waals surface area contributed by atoms with Gasteiger partial charge in [-0.2, -0.15) is 0 Å². The van der Waals surface area contributed by atoms with E-state index in [1.807, 2.05) is 72.8 Å². The van der Waals surface area contributed by atoms with Crippen molar-refractivity contribution in [3.63, 3.8) is 0 Å². The predicted molar refractivity (Wildman–Crippen MR) is 275 cm³/mol. The molecule has 9 aromatic carbocycles. The minimum absolute atomic E-state index is 0.588. The van der Waals surface area contributed by atoms with E-state index in [9.17, 15) is 0 Å². The van der Waals surface area contributed by atoms with E-state index in [-0.39, 0.29) is 0 Å². The maximum Gasteiger partial charge on any atom is 0.180 e. The lowest BCUT2D eigenvalue weighted by Gasteiger charge is -2.45. The lowest BCUT2D eigenvalue weighted by atomic mass is 9.64. The van der Waals surface area contributed by atoms with E-state index < -0.39 is 5.41 Å². The molecule has 2 aliphatic rings. The average molecular weight is 883 g/mol. The van der Waals surface area contributed by atoms with Crippen molar-refractivity contribution in [1.29, 1.82) is 0 Å². The fraction of sp³-hybridized carbons (Fsp3) is 0.0161. The van der Waals surface area contributed by atoms with Gasteiger partial charge in [-0.1, -0.05) is 188 Å². The molecular weight excluding hydrogens is 845 g/mol. The highest BCUT2D eigenvalue weighted by Gasteiger charge is 2.52. The molecule has 0 atom stereocenters. The summed E-state index contributed by atoms with van der Waals surface area (Å²) in [5, 5.41) is 0.942. The van der Waals surface area contributed by atoms with Crippen LogP contribution in [0.15, 0.2) is 235 Å². The zero-order chi connectivity index (χ0) is 45.5. The molecule has 7 nitrogen and oxygen atoms in total. The van der Waals surface area contributed by atoms with Crippen LogP contribution < -0.4 is 4.90 Å². The van der Waals surface area contributed by atoms with Crippen molar-refractivity contribution in [2.45, 2.75) is 5.41 Å². The van der Waals surface area contributed by atoms with Crippen LogP contribution in [-0.4, -0.2) is 24.9 Å². The molecular formula is C62H38N6O. The second-order valence-corrected chi connectivity index (χ2v) is 17.5. The van der Waals surface area contributed by atoms with Gasteiger partial charge in [0.15, 0.2) is 28.9 Å². The molecule has 4 heterocycles. The van der Waals surface area contributed by atoms with Gasteiger partial charge in [-0.05, 0) is 75.8 Å². The molecule has 3 aromatic heterocycles. The third-order valence-electron chi connectivity index (χ3n) is 13.7. The molecule has 0 fully saturated rings. The first-order valence-electron chi connectivity index (χ1n) is 23.2.